The van der Waals surface area contributed by atoms with Crippen LogP contribution in [0.25, 0.3) is 0 Å². The molecule has 0 saturated carbocycles. The lowest BCUT2D eigenvalue weighted by molar-refractivity contribution is -0.131. The van der Waals surface area contributed by atoms with Gasteiger partial charge in [-0.1, -0.05) is 36.9 Å². The minimum atomic E-state index is -0.981. The Hall–Kier alpha value is -2.93. The normalized spacial score (nSPS) is 8.83. The van der Waals surface area contributed by atoms with E-state index in [0.717, 1.165) is 25.5 Å². The number of hydrogen-bond donors (Lipinski definition) is 3. The lowest BCUT2D eigenvalue weighted by Gasteiger charge is -2.03. The number of carbonyl (C=O) groups is 2. The molecule has 7 nitrogen and oxygen atoms in total. The molecule has 0 amide bonds. The number of H-pyrrole nitrogens is 1. The Balaban J connectivity index is 0.000000559. The summed E-state index contributed by atoms with van der Waals surface area (Å²) in [4.78, 5) is 24.7. The van der Waals surface area contributed by atoms with Gasteiger partial charge in [0, 0.05) is 24.6 Å². The highest BCUT2D eigenvalue weighted by molar-refractivity contribution is 5.78. The Morgan fingerprint density at radius 3 is 2.46 bits per heavy atom. The Bertz CT molecular complexity index is 556. The van der Waals surface area contributed by atoms with Crippen LogP contribution >= 0.6 is 0 Å². The van der Waals surface area contributed by atoms with E-state index >= 15 is 0 Å². The van der Waals surface area contributed by atoms with Gasteiger partial charge in [0.05, 0.1) is 12.9 Å². The van der Waals surface area contributed by atoms with Crippen molar-refractivity contribution in [3.63, 3.8) is 0 Å². The van der Waals surface area contributed by atoms with Crippen molar-refractivity contribution in [3.8, 4) is 0 Å². The van der Waals surface area contributed by atoms with Gasteiger partial charge in [0.1, 0.15) is 0 Å². The Morgan fingerprint density at radius 1 is 1.33 bits per heavy atom. The molecule has 1 aromatic carbocycles. The molecule has 1 aromatic heterocycles. The largest absolute Gasteiger partial charge is 0.483 e. The van der Waals surface area contributed by atoms with Crippen molar-refractivity contribution < 1.29 is 24.5 Å². The minimum Gasteiger partial charge on any atom is -0.483 e. The number of aryl methyl sites for hydroxylation is 1. The number of carboxylic acids is 1. The fourth-order valence-corrected chi connectivity index (χ4v) is 1.55. The molecule has 0 unspecified atom stereocenters. The van der Waals surface area contributed by atoms with Crippen molar-refractivity contribution in [1.29, 1.82) is 0 Å². The molecule has 1 heterocycles. The van der Waals surface area contributed by atoms with Gasteiger partial charge in [-0.05, 0) is 18.4 Å². The molecular formula is C17H22N2O5. The second-order valence-electron chi connectivity index (χ2n) is 4.37. The van der Waals surface area contributed by atoms with Crippen molar-refractivity contribution in [2.24, 2.45) is 0 Å². The first kappa shape index (κ1) is 21.1. The summed E-state index contributed by atoms with van der Waals surface area (Å²) >= 11 is 0. The maximum Gasteiger partial charge on any atom is 0.327 e. The van der Waals surface area contributed by atoms with E-state index in [9.17, 15) is 4.79 Å². The summed E-state index contributed by atoms with van der Waals surface area (Å²) in [5, 5.41) is 14.5. The van der Waals surface area contributed by atoms with Crippen molar-refractivity contribution in [3.05, 3.63) is 66.8 Å². The van der Waals surface area contributed by atoms with Gasteiger partial charge in [0.15, 0.2) is 0 Å². The van der Waals surface area contributed by atoms with Crippen molar-refractivity contribution in [1.82, 2.24) is 9.97 Å². The van der Waals surface area contributed by atoms with E-state index < -0.39 is 5.97 Å². The van der Waals surface area contributed by atoms with Gasteiger partial charge in [0.2, 0.25) is 0 Å². The average Bonchev–Trinajstić information content (AvgIpc) is 3.10. The molecule has 130 valence electrons. The molecule has 0 radical (unpaired) electrons. The summed E-state index contributed by atoms with van der Waals surface area (Å²) in [6.07, 6.45) is 6.42. The summed E-state index contributed by atoms with van der Waals surface area (Å²) in [5.74, 6) is -0.981. The number of carboxylic acid groups (broad SMARTS) is 2. The van der Waals surface area contributed by atoms with E-state index in [4.69, 9.17) is 19.7 Å². The highest BCUT2D eigenvalue weighted by Gasteiger charge is 1.95. The van der Waals surface area contributed by atoms with Gasteiger partial charge in [-0.2, -0.15) is 0 Å². The molecule has 24 heavy (non-hydrogen) atoms. The number of imidazole rings is 1. The second kappa shape index (κ2) is 15.0. The maximum absolute atomic E-state index is 9.25. The van der Waals surface area contributed by atoms with Crippen molar-refractivity contribution >= 4 is 12.4 Å². The van der Waals surface area contributed by atoms with E-state index in [1.807, 2.05) is 24.4 Å². The Kier molecular flexibility index (Phi) is 13.2. The molecule has 0 aliphatic rings. The summed E-state index contributed by atoms with van der Waals surface area (Å²) in [7, 11) is 0. The Labute approximate surface area is 140 Å². The Morgan fingerprint density at radius 2 is 1.96 bits per heavy atom. The van der Waals surface area contributed by atoms with Crippen LogP contribution in [0.1, 0.15) is 17.7 Å². The van der Waals surface area contributed by atoms with Gasteiger partial charge in [-0.25, -0.2) is 9.78 Å². The van der Waals surface area contributed by atoms with Gasteiger partial charge >= 0.3 is 5.97 Å². The third kappa shape index (κ3) is 12.8. The molecule has 0 fully saturated rings. The van der Waals surface area contributed by atoms with E-state index in [1.54, 1.807) is 6.33 Å². The molecule has 0 atom stereocenters. The third-order valence-corrected chi connectivity index (χ3v) is 2.58. The zero-order valence-electron chi connectivity index (χ0n) is 13.3. The van der Waals surface area contributed by atoms with Gasteiger partial charge in [0.25, 0.3) is 6.47 Å². The zero-order chi connectivity index (χ0) is 18.0. The van der Waals surface area contributed by atoms with E-state index in [0.29, 0.717) is 6.61 Å². The first-order valence-corrected chi connectivity index (χ1v) is 7.16. The van der Waals surface area contributed by atoms with E-state index in [-0.39, 0.29) is 6.47 Å². The van der Waals surface area contributed by atoms with Crippen LogP contribution in [-0.4, -0.2) is 39.2 Å². The van der Waals surface area contributed by atoms with Crippen molar-refractivity contribution in [2.45, 2.75) is 19.4 Å². The predicted molar refractivity (Wildman–Crippen MR) is 89.5 cm³/mol. The van der Waals surface area contributed by atoms with Crippen LogP contribution in [0.3, 0.4) is 0 Å². The number of benzene rings is 1. The summed E-state index contributed by atoms with van der Waals surface area (Å²) < 4.78 is 5.58. The van der Waals surface area contributed by atoms with Gasteiger partial charge in [-0.15, -0.1) is 0 Å². The average molecular weight is 334 g/mol. The summed E-state index contributed by atoms with van der Waals surface area (Å²) in [5.41, 5.74) is 2.40. The molecule has 0 spiro atoms. The van der Waals surface area contributed by atoms with E-state index in [2.05, 4.69) is 28.7 Å². The monoisotopic (exact) mass is 334 g/mol. The van der Waals surface area contributed by atoms with Gasteiger partial charge < -0.3 is 19.9 Å². The molecule has 7 heteroatoms. The maximum atomic E-state index is 9.25. The smallest absolute Gasteiger partial charge is 0.327 e. The highest BCUT2D eigenvalue weighted by atomic mass is 16.5. The molecule has 0 bridgehead atoms. The topological polar surface area (TPSA) is 113 Å². The van der Waals surface area contributed by atoms with Crippen LogP contribution in [0.2, 0.25) is 0 Å². The lowest BCUT2D eigenvalue weighted by Crippen LogP contribution is -1.97. The number of aromatic amines is 1. The molecule has 3 N–H and O–H groups in total. The number of rotatable bonds is 7. The molecule has 2 rings (SSSR count). The van der Waals surface area contributed by atoms with Crippen LogP contribution in [0, 0.1) is 0 Å². The molecular weight excluding hydrogens is 312 g/mol. The van der Waals surface area contributed by atoms with Crippen LogP contribution < -0.4 is 0 Å². The molecule has 2 aromatic rings. The molecule has 0 aliphatic heterocycles. The summed E-state index contributed by atoms with van der Waals surface area (Å²) in [6.45, 7) is 4.19. The molecule has 0 saturated heterocycles. The quantitative estimate of drug-likeness (QED) is 0.407. The van der Waals surface area contributed by atoms with Crippen LogP contribution in [-0.2, 0) is 27.4 Å². The van der Waals surface area contributed by atoms with Crippen molar-refractivity contribution in [2.75, 3.05) is 6.61 Å². The first-order chi connectivity index (χ1) is 11.6. The SMILES string of the molecule is C=CC(=O)O.O=CO.c1ccc(COCCCc2cnc[nH]2)cc1. The lowest BCUT2D eigenvalue weighted by atomic mass is 10.2. The van der Waals surface area contributed by atoms with Crippen LogP contribution in [0.5, 0.6) is 0 Å². The number of aliphatic carboxylic acids is 1. The minimum absolute atomic E-state index is 0.250. The third-order valence-electron chi connectivity index (χ3n) is 2.58. The van der Waals surface area contributed by atoms with Gasteiger partial charge in [-0.3, -0.25) is 4.79 Å². The summed E-state index contributed by atoms with van der Waals surface area (Å²) in [6, 6.07) is 10.2. The van der Waals surface area contributed by atoms with Crippen LogP contribution in [0.15, 0.2) is 55.5 Å². The highest BCUT2D eigenvalue weighted by Crippen LogP contribution is 2.02. The van der Waals surface area contributed by atoms with E-state index in [1.165, 1.54) is 11.3 Å². The first-order valence-electron chi connectivity index (χ1n) is 7.16. The fraction of sp³-hybridized carbons (Fsp3) is 0.235. The zero-order valence-corrected chi connectivity index (χ0v) is 13.3. The number of nitrogens with zero attached hydrogens (tertiary/aromatic N) is 1. The number of hydrogen-bond acceptors (Lipinski definition) is 4. The number of aromatic nitrogens is 2. The predicted octanol–water partition coefficient (Wildman–Crippen LogP) is 2.52. The standard InChI is InChI=1S/C13H16N2O.C3H4O2.CH2O2/c1-2-5-12(6-3-1)10-16-8-4-7-13-9-14-11-15-13;1-2-3(4)5;2-1-3/h1-3,5-6,9,11H,4,7-8,10H2,(H,14,15);2H,1H2,(H,4,5);1H,(H,2,3). The number of nitrogens with one attached hydrogen (secondary N) is 1. The van der Waals surface area contributed by atoms with Crippen LogP contribution in [0.4, 0.5) is 0 Å². The number of ether oxygens (including phenoxy) is 1. The molecule has 0 aliphatic carbocycles. The second-order valence-corrected chi connectivity index (χ2v) is 4.37. The fourth-order valence-electron chi connectivity index (χ4n) is 1.55.